The standard InChI is InChI=1S/C25H32O6/c1-23(2)15-25(30-21-13-17(28-11-9-26)5-7-19(21)23)16-24(3,4)20-8-6-18(29-12-10-27)14-22(20)31-25/h5-8,13-14,26-27H,9-12,15-16H2,1-4H3. The van der Waals surface area contributed by atoms with E-state index in [-0.39, 0.29) is 37.3 Å². The molecule has 0 saturated heterocycles. The first-order valence-electron chi connectivity index (χ1n) is 10.8. The number of aliphatic hydroxyl groups is 2. The van der Waals surface area contributed by atoms with E-state index in [1.165, 1.54) is 0 Å². The van der Waals surface area contributed by atoms with Crippen LogP contribution in [0.1, 0.15) is 51.7 Å². The molecule has 2 aromatic carbocycles. The molecule has 4 rings (SSSR count). The van der Waals surface area contributed by atoms with Crippen LogP contribution >= 0.6 is 0 Å². The van der Waals surface area contributed by atoms with Crippen molar-refractivity contribution in [2.75, 3.05) is 26.4 Å². The van der Waals surface area contributed by atoms with Gasteiger partial charge in [-0.15, -0.1) is 0 Å². The average molecular weight is 429 g/mol. The summed E-state index contributed by atoms with van der Waals surface area (Å²) in [7, 11) is 0. The summed E-state index contributed by atoms with van der Waals surface area (Å²) in [5.74, 6) is 2.00. The van der Waals surface area contributed by atoms with Crippen molar-refractivity contribution in [1.82, 2.24) is 0 Å². The number of hydrogen-bond donors (Lipinski definition) is 2. The van der Waals surface area contributed by atoms with E-state index in [4.69, 9.17) is 29.2 Å². The lowest BCUT2D eigenvalue weighted by atomic mass is 9.69. The maximum atomic E-state index is 9.07. The maximum absolute atomic E-state index is 9.07. The third-order valence-electron chi connectivity index (χ3n) is 6.10. The molecule has 2 aliphatic heterocycles. The largest absolute Gasteiger partial charge is 0.491 e. The van der Waals surface area contributed by atoms with Gasteiger partial charge in [0.2, 0.25) is 0 Å². The normalized spacial score (nSPS) is 19.5. The number of rotatable bonds is 6. The molecule has 2 aromatic rings. The molecular formula is C25H32O6. The molecule has 0 unspecified atom stereocenters. The van der Waals surface area contributed by atoms with E-state index in [1.54, 1.807) is 0 Å². The smallest absolute Gasteiger partial charge is 0.252 e. The van der Waals surface area contributed by atoms with Crippen LogP contribution in [0.2, 0.25) is 0 Å². The van der Waals surface area contributed by atoms with Crippen molar-refractivity contribution in [3.05, 3.63) is 47.5 Å². The Hall–Kier alpha value is -2.44. The Kier molecular flexibility index (Phi) is 5.56. The van der Waals surface area contributed by atoms with Gasteiger partial charge in [0.15, 0.2) is 0 Å². The van der Waals surface area contributed by atoms with E-state index in [0.29, 0.717) is 24.3 Å². The van der Waals surface area contributed by atoms with Gasteiger partial charge in [-0.3, -0.25) is 0 Å². The van der Waals surface area contributed by atoms with Crippen molar-refractivity contribution in [3.63, 3.8) is 0 Å². The van der Waals surface area contributed by atoms with E-state index in [0.717, 1.165) is 22.6 Å². The highest BCUT2D eigenvalue weighted by Crippen LogP contribution is 2.54. The van der Waals surface area contributed by atoms with Gasteiger partial charge in [-0.05, 0) is 12.1 Å². The van der Waals surface area contributed by atoms with E-state index < -0.39 is 5.79 Å². The van der Waals surface area contributed by atoms with E-state index in [2.05, 4.69) is 27.7 Å². The zero-order chi connectivity index (χ0) is 22.3. The Morgan fingerprint density at radius 3 is 1.55 bits per heavy atom. The molecule has 0 atom stereocenters. The molecule has 1 spiro atoms. The second kappa shape index (κ2) is 7.92. The highest BCUT2D eigenvalue weighted by molar-refractivity contribution is 5.50. The second-order valence-electron chi connectivity index (χ2n) is 9.70. The fourth-order valence-electron chi connectivity index (χ4n) is 4.96. The van der Waals surface area contributed by atoms with Crippen LogP contribution in [-0.2, 0) is 10.8 Å². The van der Waals surface area contributed by atoms with Gasteiger partial charge < -0.3 is 29.2 Å². The van der Waals surface area contributed by atoms with Gasteiger partial charge in [-0.1, -0.05) is 39.8 Å². The molecule has 31 heavy (non-hydrogen) atoms. The number of benzene rings is 2. The molecule has 0 aromatic heterocycles. The molecule has 0 aliphatic carbocycles. The van der Waals surface area contributed by atoms with Crippen molar-refractivity contribution in [2.24, 2.45) is 0 Å². The summed E-state index contributed by atoms with van der Waals surface area (Å²) in [5, 5.41) is 18.1. The molecule has 0 fully saturated rings. The molecule has 2 aliphatic rings. The lowest BCUT2D eigenvalue weighted by Crippen LogP contribution is -2.55. The average Bonchev–Trinajstić information content (AvgIpc) is 2.68. The van der Waals surface area contributed by atoms with Gasteiger partial charge in [0.1, 0.15) is 36.2 Å². The van der Waals surface area contributed by atoms with Gasteiger partial charge in [0.05, 0.1) is 13.2 Å². The van der Waals surface area contributed by atoms with Crippen LogP contribution in [0.3, 0.4) is 0 Å². The predicted octanol–water partition coefficient (Wildman–Crippen LogP) is 3.95. The minimum Gasteiger partial charge on any atom is -0.491 e. The molecular weight excluding hydrogens is 396 g/mol. The van der Waals surface area contributed by atoms with Gasteiger partial charge in [0, 0.05) is 46.9 Å². The van der Waals surface area contributed by atoms with Gasteiger partial charge in [0.25, 0.3) is 5.79 Å². The first-order chi connectivity index (χ1) is 14.7. The molecule has 2 heterocycles. The number of fused-ring (bicyclic) bond motifs is 2. The Balaban J connectivity index is 1.71. The molecule has 0 saturated carbocycles. The van der Waals surface area contributed by atoms with E-state index in [9.17, 15) is 0 Å². The summed E-state index contributed by atoms with van der Waals surface area (Å²) in [6.45, 7) is 9.22. The van der Waals surface area contributed by atoms with Crippen molar-refractivity contribution in [1.29, 1.82) is 0 Å². The zero-order valence-electron chi connectivity index (χ0n) is 18.7. The van der Waals surface area contributed by atoms with Crippen molar-refractivity contribution in [2.45, 2.75) is 57.2 Å². The van der Waals surface area contributed by atoms with Crippen LogP contribution < -0.4 is 18.9 Å². The minimum absolute atomic E-state index is 0.0395. The fraction of sp³-hybridized carbons (Fsp3) is 0.520. The summed E-state index contributed by atoms with van der Waals surface area (Å²) in [5.41, 5.74) is 1.90. The predicted molar refractivity (Wildman–Crippen MR) is 117 cm³/mol. The van der Waals surface area contributed by atoms with Crippen molar-refractivity contribution < 1.29 is 29.2 Å². The topological polar surface area (TPSA) is 77.4 Å². The molecule has 0 amide bonds. The monoisotopic (exact) mass is 428 g/mol. The summed E-state index contributed by atoms with van der Waals surface area (Å²) in [4.78, 5) is 0. The third-order valence-corrected chi connectivity index (χ3v) is 6.10. The van der Waals surface area contributed by atoms with E-state index >= 15 is 0 Å². The van der Waals surface area contributed by atoms with Crippen LogP contribution in [0.25, 0.3) is 0 Å². The van der Waals surface area contributed by atoms with Gasteiger partial charge >= 0.3 is 0 Å². The summed E-state index contributed by atoms with van der Waals surface area (Å²) in [6.07, 6.45) is 1.41. The lowest BCUT2D eigenvalue weighted by molar-refractivity contribution is -0.166. The first-order valence-corrected chi connectivity index (χ1v) is 10.8. The Labute approximate surface area is 183 Å². The Morgan fingerprint density at radius 2 is 1.16 bits per heavy atom. The number of ether oxygens (including phenoxy) is 4. The summed E-state index contributed by atoms with van der Waals surface area (Å²) >= 11 is 0. The summed E-state index contributed by atoms with van der Waals surface area (Å²) < 4.78 is 24.4. The van der Waals surface area contributed by atoms with Crippen LogP contribution in [-0.4, -0.2) is 42.4 Å². The van der Waals surface area contributed by atoms with Gasteiger partial charge in [-0.2, -0.15) is 0 Å². The molecule has 6 nitrogen and oxygen atoms in total. The fourth-order valence-corrected chi connectivity index (χ4v) is 4.96. The van der Waals surface area contributed by atoms with Gasteiger partial charge in [-0.25, -0.2) is 0 Å². The van der Waals surface area contributed by atoms with Crippen LogP contribution in [0.4, 0.5) is 0 Å². The lowest BCUT2D eigenvalue weighted by Gasteiger charge is -2.51. The third kappa shape index (κ3) is 4.19. The molecule has 2 N–H and O–H groups in total. The SMILES string of the molecule is CC1(C)CC2(CC(C)(C)c3ccc(OCCO)cc3O2)Oc2cc(OCCO)ccc21. The maximum Gasteiger partial charge on any atom is 0.252 e. The quantitative estimate of drug-likeness (QED) is 0.726. The summed E-state index contributed by atoms with van der Waals surface area (Å²) in [6, 6.07) is 11.7. The van der Waals surface area contributed by atoms with Crippen LogP contribution in [0.15, 0.2) is 36.4 Å². The Morgan fingerprint density at radius 1 is 0.742 bits per heavy atom. The molecule has 6 heteroatoms. The number of hydrogen-bond acceptors (Lipinski definition) is 6. The van der Waals surface area contributed by atoms with Crippen LogP contribution in [0, 0.1) is 0 Å². The Bertz CT molecular complexity index is 872. The minimum atomic E-state index is -0.821. The number of aliphatic hydroxyl groups excluding tert-OH is 2. The second-order valence-corrected chi connectivity index (χ2v) is 9.70. The van der Waals surface area contributed by atoms with Crippen LogP contribution in [0.5, 0.6) is 23.0 Å². The molecule has 168 valence electrons. The highest BCUT2D eigenvalue weighted by Gasteiger charge is 2.53. The first kappa shape index (κ1) is 21.8. The van der Waals surface area contributed by atoms with Crippen molar-refractivity contribution >= 4 is 0 Å². The van der Waals surface area contributed by atoms with Crippen molar-refractivity contribution in [3.8, 4) is 23.0 Å². The highest BCUT2D eigenvalue weighted by atomic mass is 16.7. The zero-order valence-corrected chi connectivity index (χ0v) is 18.7. The molecule has 0 bridgehead atoms. The van der Waals surface area contributed by atoms with E-state index in [1.807, 2.05) is 36.4 Å². The molecule has 0 radical (unpaired) electrons.